The van der Waals surface area contributed by atoms with Gasteiger partial charge in [-0.25, -0.2) is 9.78 Å². The van der Waals surface area contributed by atoms with Crippen molar-refractivity contribution in [2.75, 3.05) is 37.4 Å². The van der Waals surface area contributed by atoms with Gasteiger partial charge < -0.3 is 20.5 Å². The fourth-order valence-electron chi connectivity index (χ4n) is 4.07. The topological polar surface area (TPSA) is 139 Å². The molecule has 4 N–H and O–H groups in total. The van der Waals surface area contributed by atoms with Crippen molar-refractivity contribution in [2.45, 2.75) is 45.1 Å². The third-order valence-corrected chi connectivity index (χ3v) is 5.79. The lowest BCUT2D eigenvalue weighted by atomic mass is 9.93. The number of rotatable bonds is 9. The van der Waals surface area contributed by atoms with Crippen LogP contribution in [-0.2, 0) is 6.54 Å². The normalized spacial score (nSPS) is 14.4. The predicted molar refractivity (Wildman–Crippen MR) is 125 cm³/mol. The van der Waals surface area contributed by atoms with Gasteiger partial charge in [0.2, 0.25) is 5.95 Å². The number of fused-ring (bicyclic) bond motifs is 1. The predicted octanol–water partition coefficient (Wildman–Crippen LogP) is 3.05. The van der Waals surface area contributed by atoms with Gasteiger partial charge in [-0.15, -0.1) is 0 Å². The van der Waals surface area contributed by atoms with E-state index in [1.807, 2.05) is 12.3 Å². The maximum atomic E-state index is 11.1. The summed E-state index contributed by atoms with van der Waals surface area (Å²) in [4.78, 5) is 24.5. The molecule has 1 aliphatic heterocycles. The van der Waals surface area contributed by atoms with Gasteiger partial charge in [0.1, 0.15) is 16.8 Å². The average molecular weight is 455 g/mol. The number of piperidine rings is 1. The second kappa shape index (κ2) is 10.4. The summed E-state index contributed by atoms with van der Waals surface area (Å²) in [6, 6.07) is 2.03. The van der Waals surface area contributed by atoms with E-state index in [9.17, 15) is 4.79 Å². The largest absolute Gasteiger partial charge is 0.496 e. The number of anilines is 2. The standard InChI is InChI=1S/C22H30N8O3/c1-3-4-7-24-20-19-17(27-21(28-20)29-22(31)32)12-26-30(19)13-15-11-25-16(10-18(15)33-2)14-5-8-23-9-6-14/h10-12,14,23H,3-9,13H2,1-2H3,(H,31,32)(H2,24,27,28,29). The molecule has 3 aromatic rings. The lowest BCUT2D eigenvalue weighted by molar-refractivity contribution is 0.209. The minimum atomic E-state index is -1.22. The number of nitrogens with zero attached hydrogens (tertiary/aromatic N) is 5. The fourth-order valence-corrected chi connectivity index (χ4v) is 4.07. The van der Waals surface area contributed by atoms with Crippen LogP contribution in [0, 0.1) is 0 Å². The van der Waals surface area contributed by atoms with Crippen molar-refractivity contribution in [1.82, 2.24) is 30.0 Å². The summed E-state index contributed by atoms with van der Waals surface area (Å²) < 4.78 is 7.48. The van der Waals surface area contributed by atoms with Crippen LogP contribution in [0.1, 0.15) is 49.8 Å². The Morgan fingerprint density at radius 1 is 1.30 bits per heavy atom. The van der Waals surface area contributed by atoms with Crippen LogP contribution in [0.15, 0.2) is 18.5 Å². The first-order valence-corrected chi connectivity index (χ1v) is 11.3. The van der Waals surface area contributed by atoms with E-state index in [0.29, 0.717) is 35.9 Å². The molecule has 1 amide bonds. The Bertz CT molecular complexity index is 1110. The molecule has 3 aromatic heterocycles. The van der Waals surface area contributed by atoms with Crippen molar-refractivity contribution < 1.29 is 14.6 Å². The van der Waals surface area contributed by atoms with Gasteiger partial charge in [0.05, 0.1) is 19.9 Å². The molecule has 176 valence electrons. The van der Waals surface area contributed by atoms with E-state index in [2.05, 4.69) is 37.9 Å². The van der Waals surface area contributed by atoms with Gasteiger partial charge >= 0.3 is 6.09 Å². The van der Waals surface area contributed by atoms with Gasteiger partial charge in [-0.2, -0.15) is 10.1 Å². The van der Waals surface area contributed by atoms with Crippen molar-refractivity contribution in [3.63, 3.8) is 0 Å². The Morgan fingerprint density at radius 2 is 2.12 bits per heavy atom. The zero-order valence-corrected chi connectivity index (χ0v) is 19.0. The maximum absolute atomic E-state index is 11.1. The minimum Gasteiger partial charge on any atom is -0.496 e. The van der Waals surface area contributed by atoms with Gasteiger partial charge in [0.15, 0.2) is 5.82 Å². The number of hydrogen-bond donors (Lipinski definition) is 4. The third kappa shape index (κ3) is 5.30. The number of hydrogen-bond acceptors (Lipinski definition) is 8. The van der Waals surface area contributed by atoms with Crippen molar-refractivity contribution in [2.24, 2.45) is 0 Å². The molecule has 1 aliphatic rings. The Morgan fingerprint density at radius 3 is 2.85 bits per heavy atom. The molecule has 0 saturated carbocycles. The summed E-state index contributed by atoms with van der Waals surface area (Å²) in [5.41, 5.74) is 3.20. The highest BCUT2D eigenvalue weighted by Gasteiger charge is 2.20. The zero-order valence-electron chi connectivity index (χ0n) is 19.0. The quantitative estimate of drug-likeness (QED) is 0.359. The molecule has 0 atom stereocenters. The highest BCUT2D eigenvalue weighted by atomic mass is 16.5. The lowest BCUT2D eigenvalue weighted by Gasteiger charge is -2.23. The molecule has 33 heavy (non-hydrogen) atoms. The van der Waals surface area contributed by atoms with Crippen LogP contribution >= 0.6 is 0 Å². The van der Waals surface area contributed by atoms with E-state index in [4.69, 9.17) is 14.8 Å². The van der Waals surface area contributed by atoms with Crippen molar-refractivity contribution in [3.8, 4) is 5.75 Å². The Kier molecular flexibility index (Phi) is 7.18. The van der Waals surface area contributed by atoms with Gasteiger partial charge in [-0.05, 0) is 32.4 Å². The smallest absolute Gasteiger partial charge is 0.411 e. The Hall–Kier alpha value is -3.47. The number of unbranched alkanes of at least 4 members (excludes halogenated alkanes) is 1. The first-order chi connectivity index (χ1) is 16.1. The van der Waals surface area contributed by atoms with Crippen LogP contribution in [0.4, 0.5) is 16.6 Å². The molecular formula is C22H30N8O3. The van der Waals surface area contributed by atoms with Gasteiger partial charge in [0.25, 0.3) is 0 Å². The molecule has 0 radical (unpaired) electrons. The zero-order chi connectivity index (χ0) is 23.2. The summed E-state index contributed by atoms with van der Waals surface area (Å²) in [5, 5.41) is 22.5. The molecular weight excluding hydrogens is 424 g/mol. The first kappa shape index (κ1) is 22.7. The molecule has 1 saturated heterocycles. The van der Waals surface area contributed by atoms with Crippen LogP contribution in [0.2, 0.25) is 0 Å². The molecule has 0 aromatic carbocycles. The number of aromatic nitrogens is 5. The van der Waals surface area contributed by atoms with Gasteiger partial charge in [-0.1, -0.05) is 13.3 Å². The summed E-state index contributed by atoms with van der Waals surface area (Å²) in [7, 11) is 1.66. The van der Waals surface area contributed by atoms with Gasteiger partial charge in [0, 0.05) is 36.0 Å². The van der Waals surface area contributed by atoms with E-state index in [1.165, 1.54) is 0 Å². The number of carboxylic acid groups (broad SMARTS) is 1. The molecule has 11 nitrogen and oxygen atoms in total. The molecule has 0 aliphatic carbocycles. The number of ether oxygens (including phenoxy) is 1. The molecule has 4 heterocycles. The van der Waals surface area contributed by atoms with E-state index in [1.54, 1.807) is 18.0 Å². The second-order valence-corrected chi connectivity index (χ2v) is 8.09. The van der Waals surface area contributed by atoms with Crippen molar-refractivity contribution in [1.29, 1.82) is 0 Å². The van der Waals surface area contributed by atoms with Crippen molar-refractivity contribution >= 4 is 28.9 Å². The number of amides is 1. The SMILES string of the molecule is CCCCNc1nc(NC(=O)O)nc2cnn(Cc3cnc(C4CCNCC4)cc3OC)c12. The Labute approximate surface area is 192 Å². The summed E-state index contributed by atoms with van der Waals surface area (Å²) in [5.74, 6) is 1.75. The monoisotopic (exact) mass is 454 g/mol. The number of pyridine rings is 1. The average Bonchev–Trinajstić information content (AvgIpc) is 3.22. The van der Waals surface area contributed by atoms with Crippen LogP contribution in [0.5, 0.6) is 5.75 Å². The lowest BCUT2D eigenvalue weighted by Crippen LogP contribution is -2.27. The number of methoxy groups -OCH3 is 1. The first-order valence-electron chi connectivity index (χ1n) is 11.3. The highest BCUT2D eigenvalue weighted by Crippen LogP contribution is 2.30. The van der Waals surface area contributed by atoms with Crippen LogP contribution in [-0.4, -0.2) is 62.7 Å². The second-order valence-electron chi connectivity index (χ2n) is 8.09. The van der Waals surface area contributed by atoms with E-state index < -0.39 is 6.09 Å². The molecule has 0 bridgehead atoms. The van der Waals surface area contributed by atoms with E-state index in [0.717, 1.165) is 55.8 Å². The number of nitrogens with one attached hydrogen (secondary N) is 3. The maximum Gasteiger partial charge on any atom is 0.411 e. The molecule has 1 fully saturated rings. The highest BCUT2D eigenvalue weighted by molar-refractivity contribution is 5.89. The molecule has 4 rings (SSSR count). The van der Waals surface area contributed by atoms with E-state index in [-0.39, 0.29) is 5.95 Å². The molecule has 11 heteroatoms. The summed E-state index contributed by atoms with van der Waals surface area (Å²) >= 11 is 0. The third-order valence-electron chi connectivity index (χ3n) is 5.79. The Balaban J connectivity index is 1.65. The van der Waals surface area contributed by atoms with Crippen LogP contribution in [0.3, 0.4) is 0 Å². The fraction of sp³-hybridized carbons (Fsp3) is 0.500. The number of carbonyl (C=O) groups is 1. The molecule has 0 spiro atoms. The van der Waals surface area contributed by atoms with Gasteiger partial charge in [-0.3, -0.25) is 15.0 Å². The summed E-state index contributed by atoms with van der Waals surface area (Å²) in [6.07, 6.45) is 6.36. The van der Waals surface area contributed by atoms with E-state index >= 15 is 0 Å². The molecule has 0 unspecified atom stereocenters. The van der Waals surface area contributed by atoms with Crippen molar-refractivity contribution in [3.05, 3.63) is 29.7 Å². The minimum absolute atomic E-state index is 0.0131. The summed E-state index contributed by atoms with van der Waals surface area (Å²) in [6.45, 7) is 5.23. The van der Waals surface area contributed by atoms with Crippen LogP contribution < -0.4 is 20.7 Å². The van der Waals surface area contributed by atoms with Crippen LogP contribution in [0.25, 0.3) is 11.0 Å².